The minimum absolute atomic E-state index is 0.0497. The molecule has 3 heteroatoms. The summed E-state index contributed by atoms with van der Waals surface area (Å²) in [4.78, 5) is 12.4. The van der Waals surface area contributed by atoms with Gasteiger partial charge in [0.25, 0.3) is 0 Å². The van der Waals surface area contributed by atoms with Crippen LogP contribution in [0.2, 0.25) is 0 Å². The number of nitrogens with one attached hydrogen (secondary N) is 1. The number of rotatable bonds is 6. The van der Waals surface area contributed by atoms with E-state index in [1.807, 2.05) is 30.3 Å². The van der Waals surface area contributed by atoms with Gasteiger partial charge in [0, 0.05) is 12.1 Å². The fraction of sp³-hybridized carbons (Fsp3) is 0.278. The van der Waals surface area contributed by atoms with Crippen LogP contribution in [-0.4, -0.2) is 5.91 Å². The number of hydrogen-bond donors (Lipinski definition) is 1. The van der Waals surface area contributed by atoms with Crippen molar-refractivity contribution in [1.29, 1.82) is 0 Å². The highest BCUT2D eigenvalue weighted by atomic mass is 19.1. The highest BCUT2D eigenvalue weighted by Crippen LogP contribution is 2.21. The number of halogens is 1. The lowest BCUT2D eigenvalue weighted by Crippen LogP contribution is -2.29. The van der Waals surface area contributed by atoms with E-state index in [2.05, 4.69) is 12.2 Å². The summed E-state index contributed by atoms with van der Waals surface area (Å²) in [5.74, 6) is -0.515. The Morgan fingerprint density at radius 3 is 2.43 bits per heavy atom. The summed E-state index contributed by atoms with van der Waals surface area (Å²) in [6.07, 6.45) is 1.71. The second-order valence-corrected chi connectivity index (χ2v) is 5.06. The number of amides is 1. The predicted octanol–water partition coefficient (Wildman–Crippen LogP) is 4.03. The second kappa shape index (κ2) is 7.58. The van der Waals surface area contributed by atoms with Crippen LogP contribution in [0.1, 0.15) is 36.8 Å². The predicted molar refractivity (Wildman–Crippen MR) is 82.3 cm³/mol. The fourth-order valence-electron chi connectivity index (χ4n) is 2.37. The zero-order chi connectivity index (χ0) is 15.1. The lowest BCUT2D eigenvalue weighted by atomic mass is 9.93. The van der Waals surface area contributed by atoms with Crippen molar-refractivity contribution < 1.29 is 9.18 Å². The molecule has 2 aromatic rings. The Morgan fingerprint density at radius 1 is 1.10 bits per heavy atom. The molecule has 0 radical (unpaired) electrons. The van der Waals surface area contributed by atoms with E-state index in [4.69, 9.17) is 0 Å². The molecule has 0 aliphatic rings. The van der Waals surface area contributed by atoms with Gasteiger partial charge < -0.3 is 5.32 Å². The van der Waals surface area contributed by atoms with Crippen LogP contribution < -0.4 is 5.32 Å². The lowest BCUT2D eigenvalue weighted by Gasteiger charge is -2.16. The molecule has 0 saturated heterocycles. The SMILES string of the molecule is CCCC(C(=O)NCc1ccccc1F)c1ccccc1. The van der Waals surface area contributed by atoms with E-state index in [9.17, 15) is 9.18 Å². The topological polar surface area (TPSA) is 29.1 Å². The minimum atomic E-state index is -0.287. The maximum atomic E-state index is 13.6. The van der Waals surface area contributed by atoms with Gasteiger partial charge in [-0.15, -0.1) is 0 Å². The molecule has 0 heterocycles. The van der Waals surface area contributed by atoms with Crippen molar-refractivity contribution in [2.75, 3.05) is 0 Å². The van der Waals surface area contributed by atoms with E-state index >= 15 is 0 Å². The van der Waals surface area contributed by atoms with Crippen molar-refractivity contribution in [3.8, 4) is 0 Å². The quantitative estimate of drug-likeness (QED) is 0.853. The molecule has 0 aromatic heterocycles. The number of carbonyl (C=O) groups excluding carboxylic acids is 1. The smallest absolute Gasteiger partial charge is 0.227 e. The molecule has 2 rings (SSSR count). The van der Waals surface area contributed by atoms with Gasteiger partial charge in [-0.2, -0.15) is 0 Å². The number of carbonyl (C=O) groups is 1. The normalized spacial score (nSPS) is 11.9. The first-order valence-corrected chi connectivity index (χ1v) is 7.28. The second-order valence-electron chi connectivity index (χ2n) is 5.06. The molecule has 0 saturated carbocycles. The highest BCUT2D eigenvalue weighted by Gasteiger charge is 2.19. The fourth-order valence-corrected chi connectivity index (χ4v) is 2.37. The Balaban J connectivity index is 2.04. The zero-order valence-electron chi connectivity index (χ0n) is 12.2. The van der Waals surface area contributed by atoms with Crippen LogP contribution in [0.15, 0.2) is 54.6 Å². The summed E-state index contributed by atoms with van der Waals surface area (Å²) < 4.78 is 13.6. The molecular formula is C18H20FNO. The van der Waals surface area contributed by atoms with Gasteiger partial charge in [-0.05, 0) is 18.1 Å². The average Bonchev–Trinajstić information content (AvgIpc) is 2.52. The Bertz CT molecular complexity index is 583. The lowest BCUT2D eigenvalue weighted by molar-refractivity contribution is -0.122. The summed E-state index contributed by atoms with van der Waals surface area (Å²) >= 11 is 0. The molecule has 1 N–H and O–H groups in total. The molecule has 0 spiro atoms. The van der Waals surface area contributed by atoms with Crippen LogP contribution >= 0.6 is 0 Å². The summed E-state index contributed by atoms with van der Waals surface area (Å²) in [6.45, 7) is 2.28. The first kappa shape index (κ1) is 15.2. The van der Waals surface area contributed by atoms with Crippen molar-refractivity contribution in [3.63, 3.8) is 0 Å². The van der Waals surface area contributed by atoms with Gasteiger partial charge in [-0.1, -0.05) is 61.9 Å². The van der Waals surface area contributed by atoms with Gasteiger partial charge in [0.15, 0.2) is 0 Å². The third-order valence-corrected chi connectivity index (χ3v) is 3.51. The van der Waals surface area contributed by atoms with E-state index in [-0.39, 0.29) is 24.2 Å². The third-order valence-electron chi connectivity index (χ3n) is 3.51. The van der Waals surface area contributed by atoms with Crippen LogP contribution in [0.4, 0.5) is 4.39 Å². The maximum Gasteiger partial charge on any atom is 0.227 e. The number of benzene rings is 2. The Hall–Kier alpha value is -2.16. The molecule has 1 amide bonds. The third kappa shape index (κ3) is 4.15. The summed E-state index contributed by atoms with van der Waals surface area (Å²) in [6, 6.07) is 16.2. The van der Waals surface area contributed by atoms with Crippen LogP contribution in [0.25, 0.3) is 0 Å². The van der Waals surface area contributed by atoms with Crippen molar-refractivity contribution in [2.45, 2.75) is 32.2 Å². The molecule has 1 unspecified atom stereocenters. The monoisotopic (exact) mass is 285 g/mol. The highest BCUT2D eigenvalue weighted by molar-refractivity contribution is 5.83. The molecule has 0 bridgehead atoms. The van der Waals surface area contributed by atoms with Crippen LogP contribution in [-0.2, 0) is 11.3 Å². The molecular weight excluding hydrogens is 265 g/mol. The summed E-state index contributed by atoms with van der Waals surface area (Å²) in [5.41, 5.74) is 1.51. The molecule has 1 atom stereocenters. The molecule has 0 aliphatic carbocycles. The van der Waals surface area contributed by atoms with E-state index in [1.54, 1.807) is 18.2 Å². The van der Waals surface area contributed by atoms with E-state index in [1.165, 1.54) is 6.07 Å². The first-order chi connectivity index (χ1) is 10.2. The summed E-state index contributed by atoms with van der Waals surface area (Å²) in [5, 5.41) is 2.84. The molecule has 110 valence electrons. The Labute approximate surface area is 125 Å². The largest absolute Gasteiger partial charge is 0.351 e. The standard InChI is InChI=1S/C18H20FNO/c1-2-8-16(14-9-4-3-5-10-14)18(21)20-13-15-11-6-7-12-17(15)19/h3-7,9-12,16H,2,8,13H2,1H3,(H,20,21). The Kier molecular flexibility index (Phi) is 5.50. The summed E-state index contributed by atoms with van der Waals surface area (Å²) in [7, 11) is 0. The van der Waals surface area contributed by atoms with E-state index < -0.39 is 0 Å². The van der Waals surface area contributed by atoms with Gasteiger partial charge in [-0.25, -0.2) is 4.39 Å². The molecule has 2 nitrogen and oxygen atoms in total. The average molecular weight is 285 g/mol. The van der Waals surface area contributed by atoms with Crippen molar-refractivity contribution in [3.05, 3.63) is 71.5 Å². The van der Waals surface area contributed by atoms with Crippen molar-refractivity contribution >= 4 is 5.91 Å². The molecule has 21 heavy (non-hydrogen) atoms. The zero-order valence-corrected chi connectivity index (χ0v) is 12.2. The van der Waals surface area contributed by atoms with Crippen molar-refractivity contribution in [2.24, 2.45) is 0 Å². The van der Waals surface area contributed by atoms with Crippen LogP contribution in [0, 0.1) is 5.82 Å². The minimum Gasteiger partial charge on any atom is -0.351 e. The van der Waals surface area contributed by atoms with Gasteiger partial charge in [-0.3, -0.25) is 4.79 Å². The van der Waals surface area contributed by atoms with Crippen molar-refractivity contribution in [1.82, 2.24) is 5.32 Å². The van der Waals surface area contributed by atoms with E-state index in [0.717, 1.165) is 18.4 Å². The van der Waals surface area contributed by atoms with Gasteiger partial charge in [0.1, 0.15) is 5.82 Å². The van der Waals surface area contributed by atoms with Crippen LogP contribution in [0.3, 0.4) is 0 Å². The maximum absolute atomic E-state index is 13.6. The molecule has 0 aliphatic heterocycles. The first-order valence-electron chi connectivity index (χ1n) is 7.28. The Morgan fingerprint density at radius 2 is 1.76 bits per heavy atom. The molecule has 2 aromatic carbocycles. The number of hydrogen-bond acceptors (Lipinski definition) is 1. The molecule has 0 fully saturated rings. The van der Waals surface area contributed by atoms with Gasteiger partial charge >= 0.3 is 0 Å². The van der Waals surface area contributed by atoms with E-state index in [0.29, 0.717) is 5.56 Å². The van der Waals surface area contributed by atoms with Gasteiger partial charge in [0.2, 0.25) is 5.91 Å². The van der Waals surface area contributed by atoms with Gasteiger partial charge in [0.05, 0.1) is 5.92 Å². The van der Waals surface area contributed by atoms with Crippen LogP contribution in [0.5, 0.6) is 0 Å².